The number of H-pyrrole nitrogens is 1. The molecule has 108 valence electrons. The molecule has 3 rings (SSSR count). The summed E-state index contributed by atoms with van der Waals surface area (Å²) in [6.45, 7) is 0.361. The second-order valence-electron chi connectivity index (χ2n) is 4.91. The molecule has 3 N–H and O–H groups in total. The van der Waals surface area contributed by atoms with Crippen LogP contribution in [0, 0.1) is 11.8 Å². The first kappa shape index (κ1) is 14.0. The van der Waals surface area contributed by atoms with Gasteiger partial charge in [0.1, 0.15) is 0 Å². The number of hydrogen-bond acceptors (Lipinski definition) is 4. The molecule has 1 saturated carbocycles. The van der Waals surface area contributed by atoms with Crippen LogP contribution in [0.1, 0.15) is 30.0 Å². The summed E-state index contributed by atoms with van der Waals surface area (Å²) in [5.41, 5.74) is 7.38. The van der Waals surface area contributed by atoms with E-state index >= 15 is 0 Å². The second kappa shape index (κ2) is 6.20. The van der Waals surface area contributed by atoms with E-state index in [1.54, 1.807) is 16.3 Å². The van der Waals surface area contributed by atoms with Gasteiger partial charge in [-0.2, -0.15) is 0 Å². The van der Waals surface area contributed by atoms with E-state index in [4.69, 9.17) is 5.73 Å². The van der Waals surface area contributed by atoms with E-state index < -0.39 is 0 Å². The molecule has 0 unspecified atom stereocenters. The number of aromatic nitrogens is 3. The van der Waals surface area contributed by atoms with Gasteiger partial charge >= 0.3 is 5.69 Å². The highest BCUT2D eigenvalue weighted by Gasteiger charge is 2.28. The van der Waals surface area contributed by atoms with Crippen molar-refractivity contribution in [3.8, 4) is 11.8 Å². The largest absolute Gasteiger partial charge is 0.344 e. The van der Waals surface area contributed by atoms with Gasteiger partial charge in [-0.15, -0.1) is 5.10 Å². The molecule has 2 aromatic rings. The maximum Gasteiger partial charge on any atom is 0.344 e. The Morgan fingerprint density at radius 3 is 3.10 bits per heavy atom. The lowest BCUT2D eigenvalue weighted by Gasteiger charge is -2.04. The third-order valence-electron chi connectivity index (χ3n) is 3.21. The molecule has 0 amide bonds. The number of benzene rings is 1. The summed E-state index contributed by atoms with van der Waals surface area (Å²) in [5.74, 6) is 6.63. The summed E-state index contributed by atoms with van der Waals surface area (Å²) in [7, 11) is 0. The number of nitrogens with two attached hydrogens (primary N) is 1. The lowest BCUT2D eigenvalue weighted by atomic mass is 10.1. The van der Waals surface area contributed by atoms with Gasteiger partial charge in [0, 0.05) is 17.4 Å². The van der Waals surface area contributed by atoms with Crippen molar-refractivity contribution in [1.82, 2.24) is 14.8 Å². The molecule has 21 heavy (non-hydrogen) atoms. The van der Waals surface area contributed by atoms with Crippen LogP contribution in [0.4, 0.5) is 0 Å². The average Bonchev–Trinajstić information content (AvgIpc) is 3.27. The van der Waals surface area contributed by atoms with E-state index in [0.717, 1.165) is 34.9 Å². The molecule has 0 aliphatic heterocycles. The zero-order valence-electron chi connectivity index (χ0n) is 11.5. The quantitative estimate of drug-likeness (QED) is 0.663. The summed E-state index contributed by atoms with van der Waals surface area (Å²) >= 11 is 1.57. The summed E-state index contributed by atoms with van der Waals surface area (Å²) < 4.78 is 1.77. The number of thioether (sulfide) groups is 1. The zero-order chi connectivity index (χ0) is 14.7. The van der Waals surface area contributed by atoms with E-state index in [0.29, 0.717) is 12.6 Å². The predicted molar refractivity (Wildman–Crippen MR) is 83.1 cm³/mol. The van der Waals surface area contributed by atoms with Gasteiger partial charge in [0.15, 0.2) is 5.16 Å². The van der Waals surface area contributed by atoms with Gasteiger partial charge in [-0.25, -0.2) is 9.89 Å². The van der Waals surface area contributed by atoms with Crippen LogP contribution in [0.3, 0.4) is 0 Å². The summed E-state index contributed by atoms with van der Waals surface area (Å²) in [6, 6.07) is 8.37. The van der Waals surface area contributed by atoms with Gasteiger partial charge in [0.2, 0.25) is 0 Å². The molecule has 0 atom stereocenters. The van der Waals surface area contributed by atoms with Crippen LogP contribution in [0.5, 0.6) is 0 Å². The van der Waals surface area contributed by atoms with Crippen LogP contribution in [0.15, 0.2) is 34.2 Å². The predicted octanol–water partition coefficient (Wildman–Crippen LogP) is 1.51. The monoisotopic (exact) mass is 300 g/mol. The third kappa shape index (κ3) is 3.38. The Morgan fingerprint density at radius 1 is 1.48 bits per heavy atom. The highest BCUT2D eigenvalue weighted by molar-refractivity contribution is 7.98. The molecule has 1 heterocycles. The molecule has 1 aliphatic rings. The molecule has 0 bridgehead atoms. The maximum atomic E-state index is 11.7. The van der Waals surface area contributed by atoms with E-state index in [1.807, 2.05) is 24.3 Å². The lowest BCUT2D eigenvalue weighted by Crippen LogP contribution is -2.16. The van der Waals surface area contributed by atoms with Crippen molar-refractivity contribution in [3.63, 3.8) is 0 Å². The van der Waals surface area contributed by atoms with E-state index in [2.05, 4.69) is 22.0 Å². The van der Waals surface area contributed by atoms with Gasteiger partial charge < -0.3 is 5.73 Å². The Bertz CT molecular complexity index is 749. The number of hydrogen-bond donors (Lipinski definition) is 2. The van der Waals surface area contributed by atoms with Crippen LogP contribution in [-0.4, -0.2) is 21.3 Å². The molecule has 0 radical (unpaired) electrons. The van der Waals surface area contributed by atoms with E-state index in [9.17, 15) is 4.79 Å². The Balaban J connectivity index is 1.72. The minimum Gasteiger partial charge on any atom is -0.320 e. The van der Waals surface area contributed by atoms with Crippen molar-refractivity contribution < 1.29 is 0 Å². The van der Waals surface area contributed by atoms with Gasteiger partial charge in [-0.3, -0.25) is 4.57 Å². The van der Waals surface area contributed by atoms with Crippen LogP contribution in [0.2, 0.25) is 0 Å². The highest BCUT2D eigenvalue weighted by Crippen LogP contribution is 2.36. The van der Waals surface area contributed by atoms with Gasteiger partial charge in [0.05, 0.1) is 6.54 Å². The number of nitrogens with one attached hydrogen (secondary N) is 1. The Hall–Kier alpha value is -1.97. The van der Waals surface area contributed by atoms with Crippen molar-refractivity contribution in [2.75, 3.05) is 6.54 Å². The van der Waals surface area contributed by atoms with Crippen molar-refractivity contribution in [1.29, 1.82) is 0 Å². The first-order chi connectivity index (χ1) is 10.3. The second-order valence-corrected chi connectivity index (χ2v) is 5.85. The fraction of sp³-hybridized carbons (Fsp3) is 0.333. The molecular formula is C15H16N4OS. The molecule has 1 aromatic carbocycles. The molecule has 1 aromatic heterocycles. The van der Waals surface area contributed by atoms with E-state index in [1.165, 1.54) is 0 Å². The first-order valence-corrected chi connectivity index (χ1v) is 7.84. The third-order valence-corrected chi connectivity index (χ3v) is 4.24. The van der Waals surface area contributed by atoms with Crippen LogP contribution in [-0.2, 0) is 5.75 Å². The topological polar surface area (TPSA) is 76.7 Å². The Morgan fingerprint density at radius 2 is 2.33 bits per heavy atom. The van der Waals surface area contributed by atoms with Crippen molar-refractivity contribution in [2.45, 2.75) is 29.8 Å². The maximum absolute atomic E-state index is 11.7. The van der Waals surface area contributed by atoms with E-state index in [-0.39, 0.29) is 5.69 Å². The summed E-state index contributed by atoms with van der Waals surface area (Å²) in [4.78, 5) is 11.7. The standard InChI is InChI=1S/C15H16N4OS/c16-8-2-5-11-3-1-4-12(9-11)10-21-15-18-17-14(20)19(15)13-6-7-13/h1,3-4,9,13H,6-8,10,16H2,(H,17,20). The molecule has 1 aliphatic carbocycles. The van der Waals surface area contributed by atoms with Crippen LogP contribution < -0.4 is 11.4 Å². The number of nitrogens with zero attached hydrogens (tertiary/aromatic N) is 2. The molecular weight excluding hydrogens is 284 g/mol. The molecule has 1 fully saturated rings. The molecule has 6 heteroatoms. The SMILES string of the molecule is NCC#Cc1cccc(CSc2n[nH]c(=O)n2C2CC2)c1. The van der Waals surface area contributed by atoms with Crippen LogP contribution >= 0.6 is 11.8 Å². The fourth-order valence-electron chi connectivity index (χ4n) is 2.09. The Kier molecular flexibility index (Phi) is 4.13. The average molecular weight is 300 g/mol. The van der Waals surface area contributed by atoms with Crippen molar-refractivity contribution in [2.24, 2.45) is 5.73 Å². The normalized spacial score (nSPS) is 13.8. The number of rotatable bonds is 4. The van der Waals surface area contributed by atoms with Crippen LogP contribution in [0.25, 0.3) is 0 Å². The number of aromatic amines is 1. The van der Waals surface area contributed by atoms with Crippen molar-refractivity contribution >= 4 is 11.8 Å². The smallest absolute Gasteiger partial charge is 0.320 e. The van der Waals surface area contributed by atoms with Gasteiger partial charge in [-0.1, -0.05) is 35.7 Å². The summed E-state index contributed by atoms with van der Waals surface area (Å²) in [6.07, 6.45) is 2.13. The zero-order valence-corrected chi connectivity index (χ0v) is 12.3. The summed E-state index contributed by atoms with van der Waals surface area (Å²) in [5, 5.41) is 7.41. The lowest BCUT2D eigenvalue weighted by molar-refractivity contribution is 0.642. The minimum absolute atomic E-state index is 0.109. The fourth-order valence-corrected chi connectivity index (χ4v) is 3.04. The molecule has 5 nitrogen and oxygen atoms in total. The van der Waals surface area contributed by atoms with Gasteiger partial charge in [-0.05, 0) is 30.5 Å². The minimum atomic E-state index is -0.109. The molecule has 0 saturated heterocycles. The Labute approximate surface area is 126 Å². The van der Waals surface area contributed by atoms with Crippen molar-refractivity contribution in [3.05, 3.63) is 45.9 Å². The first-order valence-electron chi connectivity index (χ1n) is 6.85. The van der Waals surface area contributed by atoms with Gasteiger partial charge in [0.25, 0.3) is 0 Å². The molecule has 0 spiro atoms. The highest BCUT2D eigenvalue weighted by atomic mass is 32.2.